The molecule has 1 aromatic carbocycles. The Morgan fingerprint density at radius 3 is 3.00 bits per heavy atom. The van der Waals surface area contributed by atoms with Crippen LogP contribution in [0.3, 0.4) is 0 Å². The number of hydrogen-bond acceptors (Lipinski definition) is 3. The maximum atomic E-state index is 13.4. The Kier molecular flexibility index (Phi) is 3.58. The third kappa shape index (κ3) is 2.86. The minimum atomic E-state index is -0.502. The molecule has 0 aliphatic heterocycles. The van der Waals surface area contributed by atoms with Crippen molar-refractivity contribution in [2.24, 2.45) is 0 Å². The second-order valence-electron chi connectivity index (χ2n) is 4.11. The Labute approximate surface area is 105 Å². The number of halogens is 1. The topological polar surface area (TPSA) is 53.6 Å². The molecule has 0 bridgehead atoms. The highest BCUT2D eigenvalue weighted by atomic mass is 19.1. The van der Waals surface area contributed by atoms with Gasteiger partial charge in [-0.1, -0.05) is 0 Å². The Morgan fingerprint density at radius 1 is 1.56 bits per heavy atom. The first-order valence-electron chi connectivity index (χ1n) is 5.61. The standard InChI is InChI=1S/C13H13FN4/c1-10(8-18-5-4-16-9-18)17-12-3-2-11(7-15)13(14)6-12/h2-6,9-10,17H,8H2,1H3. The molecule has 0 aliphatic carbocycles. The van der Waals surface area contributed by atoms with Gasteiger partial charge in [0.15, 0.2) is 0 Å². The van der Waals surface area contributed by atoms with Gasteiger partial charge in [-0.2, -0.15) is 5.26 Å². The smallest absolute Gasteiger partial charge is 0.143 e. The molecule has 1 atom stereocenters. The molecular weight excluding hydrogens is 231 g/mol. The molecule has 0 fully saturated rings. The van der Waals surface area contributed by atoms with E-state index >= 15 is 0 Å². The summed E-state index contributed by atoms with van der Waals surface area (Å²) in [7, 11) is 0. The van der Waals surface area contributed by atoms with Gasteiger partial charge in [-0.15, -0.1) is 0 Å². The average Bonchev–Trinajstić information content (AvgIpc) is 2.82. The summed E-state index contributed by atoms with van der Waals surface area (Å²) in [5.41, 5.74) is 0.724. The Balaban J connectivity index is 2.01. The van der Waals surface area contributed by atoms with Crippen molar-refractivity contribution in [1.82, 2.24) is 9.55 Å². The molecule has 4 nitrogen and oxygen atoms in total. The largest absolute Gasteiger partial charge is 0.381 e. The molecular formula is C13H13FN4. The van der Waals surface area contributed by atoms with E-state index in [4.69, 9.17) is 5.26 Å². The summed E-state index contributed by atoms with van der Waals surface area (Å²) in [4.78, 5) is 3.96. The highest BCUT2D eigenvalue weighted by molar-refractivity contribution is 5.48. The van der Waals surface area contributed by atoms with Crippen molar-refractivity contribution in [3.63, 3.8) is 0 Å². The van der Waals surface area contributed by atoms with Gasteiger partial charge in [0.05, 0.1) is 11.9 Å². The first-order chi connectivity index (χ1) is 8.69. The van der Waals surface area contributed by atoms with Crippen LogP contribution in [0, 0.1) is 17.1 Å². The van der Waals surface area contributed by atoms with Gasteiger partial charge < -0.3 is 9.88 Å². The van der Waals surface area contributed by atoms with Gasteiger partial charge in [-0.25, -0.2) is 9.37 Å². The van der Waals surface area contributed by atoms with Crippen molar-refractivity contribution in [2.45, 2.75) is 19.5 Å². The SMILES string of the molecule is CC(Cn1ccnc1)Nc1ccc(C#N)c(F)c1. The van der Waals surface area contributed by atoms with Crippen LogP contribution in [0.4, 0.5) is 10.1 Å². The van der Waals surface area contributed by atoms with Gasteiger partial charge >= 0.3 is 0 Å². The maximum Gasteiger partial charge on any atom is 0.143 e. The van der Waals surface area contributed by atoms with Crippen LogP contribution in [-0.2, 0) is 6.54 Å². The van der Waals surface area contributed by atoms with Crippen LogP contribution in [0.15, 0.2) is 36.9 Å². The van der Waals surface area contributed by atoms with E-state index in [-0.39, 0.29) is 11.6 Å². The Bertz CT molecular complexity index is 557. The number of nitrogens with zero attached hydrogens (tertiary/aromatic N) is 3. The Hall–Kier alpha value is -2.35. The van der Waals surface area contributed by atoms with E-state index in [1.807, 2.05) is 17.7 Å². The number of anilines is 1. The van der Waals surface area contributed by atoms with Crippen molar-refractivity contribution >= 4 is 5.69 Å². The number of nitriles is 1. The van der Waals surface area contributed by atoms with Crippen LogP contribution < -0.4 is 5.32 Å². The van der Waals surface area contributed by atoms with Crippen LogP contribution in [0.25, 0.3) is 0 Å². The summed E-state index contributed by atoms with van der Waals surface area (Å²) in [5, 5.41) is 11.8. The van der Waals surface area contributed by atoms with Crippen molar-refractivity contribution in [3.05, 3.63) is 48.3 Å². The van der Waals surface area contributed by atoms with Crippen molar-refractivity contribution in [3.8, 4) is 6.07 Å². The molecule has 1 unspecified atom stereocenters. The first-order valence-corrected chi connectivity index (χ1v) is 5.61. The molecule has 1 heterocycles. The lowest BCUT2D eigenvalue weighted by Crippen LogP contribution is -2.21. The molecule has 18 heavy (non-hydrogen) atoms. The molecule has 0 saturated carbocycles. The zero-order valence-electron chi connectivity index (χ0n) is 9.97. The summed E-state index contributed by atoms with van der Waals surface area (Å²) in [6, 6.07) is 6.44. The molecule has 2 rings (SSSR count). The molecule has 0 aliphatic rings. The molecule has 5 heteroatoms. The number of rotatable bonds is 4. The first kappa shape index (κ1) is 12.1. The van der Waals surface area contributed by atoms with E-state index in [2.05, 4.69) is 10.3 Å². The maximum absolute atomic E-state index is 13.4. The zero-order chi connectivity index (χ0) is 13.0. The Morgan fingerprint density at radius 2 is 2.39 bits per heavy atom. The normalized spacial score (nSPS) is 11.8. The van der Waals surface area contributed by atoms with Crippen LogP contribution >= 0.6 is 0 Å². The summed E-state index contributed by atoms with van der Waals surface area (Å²) in [5.74, 6) is -0.502. The highest BCUT2D eigenvalue weighted by Crippen LogP contribution is 2.15. The molecule has 0 spiro atoms. The van der Waals surface area contributed by atoms with E-state index in [1.165, 1.54) is 12.1 Å². The summed E-state index contributed by atoms with van der Waals surface area (Å²) < 4.78 is 15.3. The van der Waals surface area contributed by atoms with E-state index in [0.717, 1.165) is 6.54 Å². The van der Waals surface area contributed by atoms with Crippen LogP contribution in [-0.4, -0.2) is 15.6 Å². The second kappa shape index (κ2) is 5.32. The zero-order valence-corrected chi connectivity index (χ0v) is 9.97. The van der Waals surface area contributed by atoms with Crippen molar-refractivity contribution in [2.75, 3.05) is 5.32 Å². The lowest BCUT2D eigenvalue weighted by atomic mass is 10.2. The number of hydrogen-bond donors (Lipinski definition) is 1. The van der Waals surface area contributed by atoms with Gasteiger partial charge in [0.1, 0.15) is 11.9 Å². The highest BCUT2D eigenvalue weighted by Gasteiger charge is 2.06. The van der Waals surface area contributed by atoms with Gasteiger partial charge in [0, 0.05) is 30.7 Å². The molecule has 0 amide bonds. The van der Waals surface area contributed by atoms with Crippen molar-refractivity contribution < 1.29 is 4.39 Å². The molecule has 2 aromatic rings. The summed E-state index contributed by atoms with van der Waals surface area (Å²) in [6.45, 7) is 2.73. The predicted molar refractivity (Wildman–Crippen MR) is 66.4 cm³/mol. The number of nitrogens with one attached hydrogen (secondary N) is 1. The van der Waals surface area contributed by atoms with E-state index in [1.54, 1.807) is 24.7 Å². The van der Waals surface area contributed by atoms with Crippen LogP contribution in [0.1, 0.15) is 12.5 Å². The fraction of sp³-hybridized carbons (Fsp3) is 0.231. The van der Waals surface area contributed by atoms with Gasteiger partial charge in [-0.05, 0) is 25.1 Å². The number of imidazole rings is 1. The van der Waals surface area contributed by atoms with Gasteiger partial charge in [0.25, 0.3) is 0 Å². The lowest BCUT2D eigenvalue weighted by molar-refractivity contribution is 0.612. The molecule has 92 valence electrons. The average molecular weight is 244 g/mol. The van der Waals surface area contributed by atoms with E-state index < -0.39 is 5.82 Å². The van der Waals surface area contributed by atoms with Crippen LogP contribution in [0.2, 0.25) is 0 Å². The third-order valence-corrected chi connectivity index (χ3v) is 2.55. The molecule has 1 aromatic heterocycles. The summed E-state index contributed by atoms with van der Waals surface area (Å²) >= 11 is 0. The number of aromatic nitrogens is 2. The minimum absolute atomic E-state index is 0.0582. The van der Waals surface area contributed by atoms with E-state index in [9.17, 15) is 4.39 Å². The summed E-state index contributed by atoms with van der Waals surface area (Å²) in [6.07, 6.45) is 5.32. The fourth-order valence-electron chi connectivity index (χ4n) is 1.74. The molecule has 0 saturated heterocycles. The monoisotopic (exact) mass is 244 g/mol. The predicted octanol–water partition coefficient (Wildman–Crippen LogP) is 2.39. The third-order valence-electron chi connectivity index (χ3n) is 2.55. The van der Waals surface area contributed by atoms with Crippen LogP contribution in [0.5, 0.6) is 0 Å². The fourth-order valence-corrected chi connectivity index (χ4v) is 1.74. The van der Waals surface area contributed by atoms with Gasteiger partial charge in [-0.3, -0.25) is 0 Å². The molecule has 1 N–H and O–H groups in total. The minimum Gasteiger partial charge on any atom is -0.381 e. The van der Waals surface area contributed by atoms with Crippen molar-refractivity contribution in [1.29, 1.82) is 5.26 Å². The molecule has 0 radical (unpaired) electrons. The van der Waals surface area contributed by atoms with Gasteiger partial charge in [0.2, 0.25) is 0 Å². The number of benzene rings is 1. The lowest BCUT2D eigenvalue weighted by Gasteiger charge is -2.15. The van der Waals surface area contributed by atoms with E-state index in [0.29, 0.717) is 5.69 Å². The quantitative estimate of drug-likeness (QED) is 0.898. The second-order valence-corrected chi connectivity index (χ2v) is 4.11.